The highest BCUT2D eigenvalue weighted by Gasteiger charge is 2.35. The van der Waals surface area contributed by atoms with Gasteiger partial charge in [-0.05, 0) is 42.9 Å². The van der Waals surface area contributed by atoms with Gasteiger partial charge in [0.05, 0.1) is 0 Å². The summed E-state index contributed by atoms with van der Waals surface area (Å²) in [6, 6.07) is 0. The molecule has 1 rings (SSSR count). The summed E-state index contributed by atoms with van der Waals surface area (Å²) in [5.74, 6) is 4.20. The zero-order chi connectivity index (χ0) is 14.1. The molecule has 0 amide bonds. The highest BCUT2D eigenvalue weighted by molar-refractivity contribution is 4.86. The van der Waals surface area contributed by atoms with Crippen molar-refractivity contribution in [3.05, 3.63) is 0 Å². The van der Waals surface area contributed by atoms with Crippen LogP contribution in [-0.4, -0.2) is 0 Å². The van der Waals surface area contributed by atoms with E-state index in [9.17, 15) is 0 Å². The van der Waals surface area contributed by atoms with E-state index in [-0.39, 0.29) is 0 Å². The van der Waals surface area contributed by atoms with Crippen LogP contribution in [-0.2, 0) is 0 Å². The summed E-state index contributed by atoms with van der Waals surface area (Å²) in [4.78, 5) is 0. The van der Waals surface area contributed by atoms with Crippen LogP contribution in [0.1, 0.15) is 98.3 Å². The SMILES string of the molecule is CCCCCC(CCC)C1CCC1CCC(C)CC. The summed E-state index contributed by atoms with van der Waals surface area (Å²) in [5.41, 5.74) is 0. The van der Waals surface area contributed by atoms with E-state index in [1.165, 1.54) is 64.2 Å². The van der Waals surface area contributed by atoms with Gasteiger partial charge in [0.15, 0.2) is 0 Å². The van der Waals surface area contributed by atoms with E-state index in [4.69, 9.17) is 0 Å². The van der Waals surface area contributed by atoms with Gasteiger partial charge in [0.2, 0.25) is 0 Å². The van der Waals surface area contributed by atoms with E-state index in [1.807, 2.05) is 0 Å². The molecule has 0 nitrogen and oxygen atoms in total. The Balaban J connectivity index is 2.32. The molecular formula is C19H38. The largest absolute Gasteiger partial charge is 0.0654 e. The average molecular weight is 267 g/mol. The second-order valence-corrected chi connectivity index (χ2v) is 7.14. The van der Waals surface area contributed by atoms with Gasteiger partial charge in [-0.3, -0.25) is 0 Å². The van der Waals surface area contributed by atoms with Crippen molar-refractivity contribution < 1.29 is 0 Å². The van der Waals surface area contributed by atoms with Crippen molar-refractivity contribution in [2.45, 2.75) is 98.3 Å². The first-order valence-corrected chi connectivity index (χ1v) is 9.22. The van der Waals surface area contributed by atoms with E-state index in [0.717, 1.165) is 23.7 Å². The molecule has 0 aromatic heterocycles. The first-order valence-electron chi connectivity index (χ1n) is 9.22. The number of unbranched alkanes of at least 4 members (excludes halogenated alkanes) is 2. The lowest BCUT2D eigenvalue weighted by atomic mass is 9.63. The van der Waals surface area contributed by atoms with E-state index in [1.54, 1.807) is 6.42 Å². The Labute approximate surface area is 122 Å². The third kappa shape index (κ3) is 5.88. The molecule has 0 aliphatic heterocycles. The Hall–Kier alpha value is 0. The van der Waals surface area contributed by atoms with Crippen LogP contribution < -0.4 is 0 Å². The molecule has 0 spiro atoms. The summed E-state index contributed by atoms with van der Waals surface area (Å²) >= 11 is 0. The molecule has 0 radical (unpaired) electrons. The number of hydrogen-bond donors (Lipinski definition) is 0. The molecule has 0 heterocycles. The van der Waals surface area contributed by atoms with Crippen molar-refractivity contribution in [3.8, 4) is 0 Å². The molecule has 0 N–H and O–H groups in total. The highest BCUT2D eigenvalue weighted by Crippen LogP contribution is 2.46. The molecule has 4 atom stereocenters. The molecule has 1 fully saturated rings. The van der Waals surface area contributed by atoms with Crippen LogP contribution >= 0.6 is 0 Å². The fourth-order valence-corrected chi connectivity index (χ4v) is 3.88. The van der Waals surface area contributed by atoms with Crippen molar-refractivity contribution in [2.75, 3.05) is 0 Å². The van der Waals surface area contributed by atoms with Gasteiger partial charge in [0.1, 0.15) is 0 Å². The molecule has 0 saturated heterocycles. The Morgan fingerprint density at radius 3 is 2.21 bits per heavy atom. The summed E-state index contributed by atoms with van der Waals surface area (Å²) < 4.78 is 0. The van der Waals surface area contributed by atoms with Crippen LogP contribution in [0.5, 0.6) is 0 Å². The van der Waals surface area contributed by atoms with Gasteiger partial charge in [0.25, 0.3) is 0 Å². The Morgan fingerprint density at radius 1 is 0.895 bits per heavy atom. The van der Waals surface area contributed by atoms with Crippen molar-refractivity contribution in [3.63, 3.8) is 0 Å². The third-order valence-electron chi connectivity index (χ3n) is 5.65. The maximum atomic E-state index is 2.43. The average Bonchev–Trinajstić information content (AvgIpc) is 2.37. The first kappa shape index (κ1) is 17.1. The third-order valence-corrected chi connectivity index (χ3v) is 5.65. The Morgan fingerprint density at radius 2 is 1.68 bits per heavy atom. The molecule has 0 heteroatoms. The fourth-order valence-electron chi connectivity index (χ4n) is 3.88. The summed E-state index contributed by atoms with van der Waals surface area (Å²) in [6.07, 6.45) is 16.2. The highest BCUT2D eigenvalue weighted by atomic mass is 14.4. The van der Waals surface area contributed by atoms with Gasteiger partial charge in [-0.1, -0.05) is 79.1 Å². The second-order valence-electron chi connectivity index (χ2n) is 7.14. The smallest absolute Gasteiger partial charge is 0.0357 e. The van der Waals surface area contributed by atoms with Crippen molar-refractivity contribution in [2.24, 2.45) is 23.7 Å². The molecule has 0 aromatic carbocycles. The minimum absolute atomic E-state index is 0.950. The van der Waals surface area contributed by atoms with Crippen LogP contribution in [0.4, 0.5) is 0 Å². The van der Waals surface area contributed by atoms with Crippen molar-refractivity contribution in [1.82, 2.24) is 0 Å². The molecular weight excluding hydrogens is 228 g/mol. The molecule has 1 aliphatic rings. The standard InChI is InChI=1S/C19H38/c1-5-8-9-11-17(10-6-2)19-15-14-18(19)13-12-16(4)7-3/h16-19H,5-15H2,1-4H3. The molecule has 19 heavy (non-hydrogen) atoms. The van der Waals surface area contributed by atoms with E-state index < -0.39 is 0 Å². The van der Waals surface area contributed by atoms with Gasteiger partial charge < -0.3 is 0 Å². The van der Waals surface area contributed by atoms with E-state index >= 15 is 0 Å². The van der Waals surface area contributed by atoms with Gasteiger partial charge in [-0.2, -0.15) is 0 Å². The van der Waals surface area contributed by atoms with Crippen LogP contribution in [0.15, 0.2) is 0 Å². The van der Waals surface area contributed by atoms with Crippen LogP contribution in [0.2, 0.25) is 0 Å². The summed E-state index contributed by atoms with van der Waals surface area (Å²) in [5, 5.41) is 0. The maximum absolute atomic E-state index is 2.43. The van der Waals surface area contributed by atoms with Crippen molar-refractivity contribution >= 4 is 0 Å². The molecule has 4 unspecified atom stereocenters. The summed E-state index contributed by atoms with van der Waals surface area (Å²) in [7, 11) is 0. The maximum Gasteiger partial charge on any atom is -0.0357 e. The quantitative estimate of drug-likeness (QED) is 0.359. The van der Waals surface area contributed by atoms with E-state index in [2.05, 4.69) is 27.7 Å². The van der Waals surface area contributed by atoms with Gasteiger partial charge in [-0.25, -0.2) is 0 Å². The Bertz CT molecular complexity index is 208. The van der Waals surface area contributed by atoms with Crippen molar-refractivity contribution in [1.29, 1.82) is 0 Å². The number of hydrogen-bond acceptors (Lipinski definition) is 0. The lowest BCUT2D eigenvalue weighted by Gasteiger charge is -2.43. The first-order chi connectivity index (χ1) is 9.22. The minimum atomic E-state index is 0.950. The zero-order valence-corrected chi connectivity index (χ0v) is 14.1. The van der Waals surface area contributed by atoms with Crippen LogP contribution in [0.3, 0.4) is 0 Å². The molecule has 1 saturated carbocycles. The molecule has 0 bridgehead atoms. The summed E-state index contributed by atoms with van der Waals surface area (Å²) in [6.45, 7) is 9.47. The topological polar surface area (TPSA) is 0 Å². The zero-order valence-electron chi connectivity index (χ0n) is 14.1. The minimum Gasteiger partial charge on any atom is -0.0654 e. The predicted octanol–water partition coefficient (Wildman–Crippen LogP) is 6.84. The predicted molar refractivity (Wildman–Crippen MR) is 87.4 cm³/mol. The van der Waals surface area contributed by atoms with Gasteiger partial charge >= 0.3 is 0 Å². The normalized spacial score (nSPS) is 25.9. The second kappa shape index (κ2) is 9.83. The monoisotopic (exact) mass is 266 g/mol. The van der Waals surface area contributed by atoms with Crippen LogP contribution in [0, 0.1) is 23.7 Å². The van der Waals surface area contributed by atoms with E-state index in [0.29, 0.717) is 0 Å². The number of rotatable bonds is 11. The molecule has 0 aromatic rings. The lowest BCUT2D eigenvalue weighted by Crippen LogP contribution is -2.33. The van der Waals surface area contributed by atoms with Gasteiger partial charge in [0, 0.05) is 0 Å². The Kier molecular flexibility index (Phi) is 8.83. The van der Waals surface area contributed by atoms with Crippen LogP contribution in [0.25, 0.3) is 0 Å². The lowest BCUT2D eigenvalue weighted by molar-refractivity contribution is 0.0776. The molecule has 114 valence electrons. The van der Waals surface area contributed by atoms with Gasteiger partial charge in [-0.15, -0.1) is 0 Å². The fraction of sp³-hybridized carbons (Fsp3) is 1.00. The molecule has 1 aliphatic carbocycles.